The lowest BCUT2D eigenvalue weighted by molar-refractivity contribution is -0.137. The summed E-state index contributed by atoms with van der Waals surface area (Å²) in [6.45, 7) is 0.287. The molecule has 134 valence electrons. The molecule has 0 unspecified atom stereocenters. The molecule has 25 heavy (non-hydrogen) atoms. The van der Waals surface area contributed by atoms with Crippen molar-refractivity contribution >= 4 is 21.8 Å². The minimum absolute atomic E-state index is 0.0304. The largest absolute Gasteiger partial charge is 0.455 e. The Morgan fingerprint density at radius 2 is 1.88 bits per heavy atom. The number of alkyl halides is 3. The Kier molecular flexibility index (Phi) is 6.38. The number of aromatic nitrogens is 1. The number of ether oxygens (including phenoxy) is 1. The molecule has 0 aliphatic heterocycles. The van der Waals surface area contributed by atoms with Crippen molar-refractivity contribution in [2.24, 2.45) is 0 Å². The number of benzene rings is 1. The number of carbonyl (C=O) groups is 1. The fourth-order valence-electron chi connectivity index (χ4n) is 1.83. The number of aliphatic hydroxyl groups is 1. The molecule has 0 atom stereocenters. The molecule has 2 aromatic rings. The van der Waals surface area contributed by atoms with Gasteiger partial charge in [0.25, 0.3) is 5.91 Å². The molecule has 0 saturated carbocycles. The standard InChI is InChI=1S/C16H14BrF3N2O3/c17-14-13(7-6-12(22-14)15(24)21-8-1-9-23)25-11-4-2-10(3-5-11)16(18,19)20/h2-7,23H,1,8-9H2,(H,21,24). The van der Waals surface area contributed by atoms with Crippen LogP contribution in [0.4, 0.5) is 13.2 Å². The number of rotatable bonds is 6. The monoisotopic (exact) mass is 418 g/mol. The van der Waals surface area contributed by atoms with E-state index in [-0.39, 0.29) is 28.4 Å². The molecule has 0 fully saturated rings. The zero-order valence-electron chi connectivity index (χ0n) is 12.8. The predicted molar refractivity (Wildman–Crippen MR) is 87.5 cm³/mol. The molecule has 2 N–H and O–H groups in total. The molecular weight excluding hydrogens is 405 g/mol. The fourth-order valence-corrected chi connectivity index (χ4v) is 2.24. The summed E-state index contributed by atoms with van der Waals surface area (Å²) in [6.07, 6.45) is -3.98. The number of amides is 1. The summed E-state index contributed by atoms with van der Waals surface area (Å²) in [5.41, 5.74) is -0.628. The Labute approximate surface area is 150 Å². The minimum atomic E-state index is -4.41. The van der Waals surface area contributed by atoms with Gasteiger partial charge in [-0.3, -0.25) is 4.79 Å². The number of aliphatic hydroxyl groups excluding tert-OH is 1. The van der Waals surface area contributed by atoms with Crippen molar-refractivity contribution in [3.05, 3.63) is 52.3 Å². The first kappa shape index (κ1) is 19.2. The lowest BCUT2D eigenvalue weighted by Gasteiger charge is -2.10. The van der Waals surface area contributed by atoms with E-state index in [2.05, 4.69) is 26.2 Å². The van der Waals surface area contributed by atoms with Gasteiger partial charge in [-0.15, -0.1) is 0 Å². The fraction of sp³-hybridized carbons (Fsp3) is 0.250. The summed E-state index contributed by atoms with van der Waals surface area (Å²) >= 11 is 3.16. The van der Waals surface area contributed by atoms with Crippen LogP contribution in [0.2, 0.25) is 0 Å². The molecule has 5 nitrogen and oxygen atoms in total. The highest BCUT2D eigenvalue weighted by Crippen LogP contribution is 2.32. The molecule has 2 rings (SSSR count). The molecule has 0 aliphatic rings. The van der Waals surface area contributed by atoms with Gasteiger partial charge in [0.05, 0.1) is 5.56 Å². The Hall–Kier alpha value is -2.13. The number of hydrogen-bond acceptors (Lipinski definition) is 4. The predicted octanol–water partition coefficient (Wildman–Crippen LogP) is 3.77. The van der Waals surface area contributed by atoms with Crippen molar-refractivity contribution in [3.63, 3.8) is 0 Å². The Balaban J connectivity index is 2.07. The van der Waals surface area contributed by atoms with Crippen LogP contribution in [0.3, 0.4) is 0 Å². The molecule has 1 heterocycles. The zero-order chi connectivity index (χ0) is 18.4. The smallest absolute Gasteiger partial charge is 0.416 e. The second kappa shape index (κ2) is 8.30. The van der Waals surface area contributed by atoms with Crippen LogP contribution in [0, 0.1) is 0 Å². The van der Waals surface area contributed by atoms with Gasteiger partial charge in [-0.2, -0.15) is 13.2 Å². The molecule has 9 heteroatoms. The van der Waals surface area contributed by atoms with Crippen LogP contribution in [0.25, 0.3) is 0 Å². The normalized spacial score (nSPS) is 11.2. The van der Waals surface area contributed by atoms with E-state index in [1.165, 1.54) is 24.3 Å². The number of carbonyl (C=O) groups excluding carboxylic acids is 1. The average molecular weight is 419 g/mol. The molecule has 0 radical (unpaired) electrons. The van der Waals surface area contributed by atoms with Gasteiger partial charge in [-0.05, 0) is 58.7 Å². The summed E-state index contributed by atoms with van der Waals surface area (Å²) in [5, 5.41) is 11.3. The van der Waals surface area contributed by atoms with Crippen LogP contribution in [0.1, 0.15) is 22.5 Å². The first-order valence-electron chi connectivity index (χ1n) is 7.22. The van der Waals surface area contributed by atoms with Crippen molar-refractivity contribution in [1.29, 1.82) is 0 Å². The molecule has 0 aliphatic carbocycles. The lowest BCUT2D eigenvalue weighted by Crippen LogP contribution is -2.25. The second-order valence-electron chi connectivity index (χ2n) is 4.94. The third-order valence-corrected chi connectivity index (χ3v) is 3.65. The molecule has 0 saturated heterocycles. The summed E-state index contributed by atoms with van der Waals surface area (Å²) in [4.78, 5) is 15.9. The Morgan fingerprint density at radius 3 is 2.44 bits per heavy atom. The first-order valence-corrected chi connectivity index (χ1v) is 8.01. The number of hydrogen-bond donors (Lipinski definition) is 2. The maximum Gasteiger partial charge on any atom is 0.416 e. The highest BCUT2D eigenvalue weighted by molar-refractivity contribution is 9.10. The first-order chi connectivity index (χ1) is 11.8. The van der Waals surface area contributed by atoms with Gasteiger partial charge in [-0.25, -0.2) is 4.98 Å². The van der Waals surface area contributed by atoms with E-state index in [9.17, 15) is 18.0 Å². The molecule has 1 amide bonds. The molecular formula is C16H14BrF3N2O3. The van der Waals surface area contributed by atoms with Crippen LogP contribution in [-0.4, -0.2) is 29.1 Å². The molecule has 0 spiro atoms. The van der Waals surface area contributed by atoms with Crippen molar-refractivity contribution < 1.29 is 27.8 Å². The van der Waals surface area contributed by atoms with Gasteiger partial charge in [-0.1, -0.05) is 0 Å². The summed E-state index contributed by atoms with van der Waals surface area (Å²) < 4.78 is 43.3. The third kappa shape index (κ3) is 5.43. The van der Waals surface area contributed by atoms with Gasteiger partial charge in [0.2, 0.25) is 0 Å². The van der Waals surface area contributed by atoms with Gasteiger partial charge in [0, 0.05) is 13.2 Å². The minimum Gasteiger partial charge on any atom is -0.455 e. The van der Waals surface area contributed by atoms with E-state index in [0.717, 1.165) is 12.1 Å². The van der Waals surface area contributed by atoms with Crippen LogP contribution in [-0.2, 0) is 6.18 Å². The molecule has 1 aromatic carbocycles. The van der Waals surface area contributed by atoms with Crippen LogP contribution in [0.15, 0.2) is 41.0 Å². The zero-order valence-corrected chi connectivity index (χ0v) is 14.4. The topological polar surface area (TPSA) is 71.5 Å². The van der Waals surface area contributed by atoms with Gasteiger partial charge < -0.3 is 15.2 Å². The third-order valence-electron chi connectivity index (χ3n) is 3.08. The highest BCUT2D eigenvalue weighted by Gasteiger charge is 2.30. The van der Waals surface area contributed by atoms with E-state index in [4.69, 9.17) is 9.84 Å². The van der Waals surface area contributed by atoms with Crippen molar-refractivity contribution in [3.8, 4) is 11.5 Å². The van der Waals surface area contributed by atoms with Crippen molar-refractivity contribution in [1.82, 2.24) is 10.3 Å². The summed E-state index contributed by atoms with van der Waals surface area (Å²) in [5.74, 6) is 0.0533. The van der Waals surface area contributed by atoms with E-state index in [1.54, 1.807) is 0 Å². The highest BCUT2D eigenvalue weighted by atomic mass is 79.9. The van der Waals surface area contributed by atoms with E-state index in [1.807, 2.05) is 0 Å². The summed E-state index contributed by atoms with van der Waals surface area (Å²) in [7, 11) is 0. The van der Waals surface area contributed by atoms with Crippen LogP contribution in [0.5, 0.6) is 11.5 Å². The van der Waals surface area contributed by atoms with Crippen LogP contribution >= 0.6 is 15.9 Å². The average Bonchev–Trinajstić information content (AvgIpc) is 2.56. The van der Waals surface area contributed by atoms with Gasteiger partial charge in [0.15, 0.2) is 5.75 Å². The Morgan fingerprint density at radius 1 is 1.20 bits per heavy atom. The SMILES string of the molecule is O=C(NCCCO)c1ccc(Oc2ccc(C(F)(F)F)cc2)c(Br)n1. The number of halogens is 4. The number of nitrogens with zero attached hydrogens (tertiary/aromatic N) is 1. The van der Waals surface area contributed by atoms with Gasteiger partial charge in [0.1, 0.15) is 16.0 Å². The maximum atomic E-state index is 12.5. The van der Waals surface area contributed by atoms with Gasteiger partial charge >= 0.3 is 6.18 Å². The quantitative estimate of drug-likeness (QED) is 0.553. The second-order valence-corrected chi connectivity index (χ2v) is 5.69. The number of nitrogens with one attached hydrogen (secondary N) is 1. The van der Waals surface area contributed by atoms with Crippen molar-refractivity contribution in [2.75, 3.05) is 13.2 Å². The Bertz CT molecular complexity index is 736. The van der Waals surface area contributed by atoms with E-state index in [0.29, 0.717) is 13.0 Å². The molecule has 0 bridgehead atoms. The van der Waals surface area contributed by atoms with E-state index < -0.39 is 17.6 Å². The molecule has 1 aromatic heterocycles. The van der Waals surface area contributed by atoms with Crippen molar-refractivity contribution in [2.45, 2.75) is 12.6 Å². The van der Waals surface area contributed by atoms with E-state index >= 15 is 0 Å². The number of pyridine rings is 1. The lowest BCUT2D eigenvalue weighted by atomic mass is 10.2. The van der Waals surface area contributed by atoms with Crippen LogP contribution < -0.4 is 10.1 Å². The maximum absolute atomic E-state index is 12.5. The summed E-state index contributed by atoms with van der Waals surface area (Å²) in [6, 6.07) is 7.14.